The number of amides is 2. The van der Waals surface area contributed by atoms with Gasteiger partial charge in [0.05, 0.1) is 10.6 Å². The van der Waals surface area contributed by atoms with E-state index >= 15 is 0 Å². The third-order valence-electron chi connectivity index (χ3n) is 7.77. The van der Waals surface area contributed by atoms with Gasteiger partial charge >= 0.3 is 0 Å². The molecular weight excluding hydrogens is 641 g/mol. The fraction of sp³-hybridized carbons (Fsp3) is 0.278. The number of anilines is 1. The first kappa shape index (κ1) is 35.0. The van der Waals surface area contributed by atoms with Crippen LogP contribution < -0.4 is 9.62 Å². The Kier molecular flexibility index (Phi) is 11.9. The van der Waals surface area contributed by atoms with Gasteiger partial charge in [-0.05, 0) is 80.3 Å². The summed E-state index contributed by atoms with van der Waals surface area (Å²) in [5.41, 5.74) is 3.31. The van der Waals surface area contributed by atoms with Crippen LogP contribution in [0.25, 0.3) is 0 Å². The van der Waals surface area contributed by atoms with Crippen LogP contribution in [0.2, 0.25) is 10.0 Å². The first-order chi connectivity index (χ1) is 21.9. The smallest absolute Gasteiger partial charge is 0.264 e. The van der Waals surface area contributed by atoms with Gasteiger partial charge in [-0.15, -0.1) is 0 Å². The van der Waals surface area contributed by atoms with Gasteiger partial charge in [-0.1, -0.05) is 90.8 Å². The number of sulfonamides is 1. The van der Waals surface area contributed by atoms with Crippen molar-refractivity contribution in [3.05, 3.63) is 129 Å². The van der Waals surface area contributed by atoms with Gasteiger partial charge in [-0.25, -0.2) is 8.42 Å². The van der Waals surface area contributed by atoms with Gasteiger partial charge in [0.1, 0.15) is 12.6 Å². The predicted octanol–water partition coefficient (Wildman–Crippen LogP) is 7.36. The first-order valence-electron chi connectivity index (χ1n) is 15.1. The van der Waals surface area contributed by atoms with E-state index < -0.39 is 28.5 Å². The molecule has 0 aliphatic rings. The zero-order valence-electron chi connectivity index (χ0n) is 26.4. The second-order valence-electron chi connectivity index (χ2n) is 11.4. The number of aryl methyl sites for hydroxylation is 2. The number of benzene rings is 4. The average Bonchev–Trinajstić information content (AvgIpc) is 3.02. The summed E-state index contributed by atoms with van der Waals surface area (Å²) in [6.07, 6.45) is 0.871. The molecule has 0 bridgehead atoms. The molecule has 4 aromatic carbocycles. The molecule has 7 nitrogen and oxygen atoms in total. The Balaban J connectivity index is 1.86. The molecule has 2 amide bonds. The molecule has 0 unspecified atom stereocenters. The highest BCUT2D eigenvalue weighted by atomic mass is 35.5. The zero-order chi connectivity index (χ0) is 33.4. The van der Waals surface area contributed by atoms with Crippen molar-refractivity contribution in [3.8, 4) is 0 Å². The van der Waals surface area contributed by atoms with E-state index in [0.29, 0.717) is 27.7 Å². The van der Waals surface area contributed by atoms with E-state index in [-0.39, 0.29) is 29.8 Å². The molecule has 0 heterocycles. The second-order valence-corrected chi connectivity index (χ2v) is 14.1. The largest absolute Gasteiger partial charge is 0.352 e. The highest BCUT2D eigenvalue weighted by Gasteiger charge is 2.35. The molecule has 2 atom stereocenters. The van der Waals surface area contributed by atoms with E-state index in [9.17, 15) is 18.0 Å². The summed E-state index contributed by atoms with van der Waals surface area (Å²) in [5, 5.41) is 3.68. The quantitative estimate of drug-likeness (QED) is 0.160. The van der Waals surface area contributed by atoms with E-state index in [1.54, 1.807) is 48.5 Å². The molecule has 0 saturated carbocycles. The molecule has 4 aromatic rings. The number of hydrogen-bond acceptors (Lipinski definition) is 4. The molecule has 0 fully saturated rings. The highest BCUT2D eigenvalue weighted by molar-refractivity contribution is 7.92. The normalized spacial score (nSPS) is 12.7. The van der Waals surface area contributed by atoms with Crippen LogP contribution in [0.5, 0.6) is 0 Å². The van der Waals surface area contributed by atoms with Crippen molar-refractivity contribution in [2.45, 2.75) is 64.1 Å². The van der Waals surface area contributed by atoms with Gasteiger partial charge in [0, 0.05) is 34.6 Å². The maximum Gasteiger partial charge on any atom is 0.264 e. The minimum Gasteiger partial charge on any atom is -0.352 e. The Morgan fingerprint density at radius 2 is 1.39 bits per heavy atom. The number of nitrogens with zero attached hydrogens (tertiary/aromatic N) is 2. The van der Waals surface area contributed by atoms with Crippen LogP contribution in [0.3, 0.4) is 0 Å². The number of hydrogen-bond donors (Lipinski definition) is 1. The monoisotopic (exact) mass is 679 g/mol. The van der Waals surface area contributed by atoms with Crippen molar-refractivity contribution in [1.82, 2.24) is 10.2 Å². The fourth-order valence-electron chi connectivity index (χ4n) is 5.19. The summed E-state index contributed by atoms with van der Waals surface area (Å²) in [6, 6.07) is 26.6. The molecule has 0 aromatic heterocycles. The van der Waals surface area contributed by atoms with Gasteiger partial charge in [0.2, 0.25) is 11.8 Å². The molecule has 0 aliphatic heterocycles. The van der Waals surface area contributed by atoms with Crippen LogP contribution in [0, 0.1) is 13.8 Å². The summed E-state index contributed by atoms with van der Waals surface area (Å²) in [7, 11) is -4.20. The van der Waals surface area contributed by atoms with Gasteiger partial charge in [-0.3, -0.25) is 13.9 Å². The Morgan fingerprint density at radius 3 is 1.96 bits per heavy atom. The summed E-state index contributed by atoms with van der Waals surface area (Å²) < 4.78 is 29.5. The molecular formula is C36H39Cl2N3O4S. The lowest BCUT2D eigenvalue weighted by molar-refractivity contribution is -0.140. The Hall–Kier alpha value is -3.85. The molecule has 46 heavy (non-hydrogen) atoms. The lowest BCUT2D eigenvalue weighted by Gasteiger charge is -2.34. The minimum absolute atomic E-state index is 0.0398. The van der Waals surface area contributed by atoms with Gasteiger partial charge < -0.3 is 10.2 Å². The molecule has 1 N–H and O–H groups in total. The van der Waals surface area contributed by atoms with E-state index in [2.05, 4.69) is 5.32 Å². The van der Waals surface area contributed by atoms with Gasteiger partial charge in [-0.2, -0.15) is 0 Å². The lowest BCUT2D eigenvalue weighted by Crippen LogP contribution is -2.54. The Bertz CT molecular complexity index is 1730. The third kappa shape index (κ3) is 8.69. The number of halogens is 2. The Morgan fingerprint density at radius 1 is 0.826 bits per heavy atom. The van der Waals surface area contributed by atoms with Crippen molar-refractivity contribution in [2.24, 2.45) is 0 Å². The fourth-order valence-corrected chi connectivity index (χ4v) is 7.13. The third-order valence-corrected chi connectivity index (χ3v) is 10.3. The summed E-state index contributed by atoms with van der Waals surface area (Å²) in [6.45, 7) is 6.90. The molecule has 10 heteroatoms. The van der Waals surface area contributed by atoms with Crippen LogP contribution in [0.15, 0.2) is 102 Å². The number of nitrogens with one attached hydrogen (secondary N) is 1. The van der Waals surface area contributed by atoms with Crippen LogP contribution in [0.4, 0.5) is 5.69 Å². The van der Waals surface area contributed by atoms with E-state index in [1.807, 2.05) is 64.1 Å². The average molecular weight is 681 g/mol. The highest BCUT2D eigenvalue weighted by Crippen LogP contribution is 2.30. The SMILES string of the molecule is CC[C@H](C)NC(=O)[C@H](Cc1ccccc1)N(Cc1c(Cl)cccc1Cl)C(=O)CN(c1cc(C)cc(C)c1)S(=O)(=O)c1ccccc1. The second kappa shape index (κ2) is 15.6. The summed E-state index contributed by atoms with van der Waals surface area (Å²) >= 11 is 13.2. The van der Waals surface area contributed by atoms with Gasteiger partial charge in [0.25, 0.3) is 10.0 Å². The van der Waals surface area contributed by atoms with Crippen molar-refractivity contribution < 1.29 is 18.0 Å². The topological polar surface area (TPSA) is 86.8 Å². The molecule has 0 saturated heterocycles. The van der Waals surface area contributed by atoms with E-state index in [0.717, 1.165) is 21.0 Å². The number of carbonyl (C=O) groups excluding carboxylic acids is 2. The van der Waals surface area contributed by atoms with E-state index in [4.69, 9.17) is 23.2 Å². The van der Waals surface area contributed by atoms with Crippen molar-refractivity contribution in [2.75, 3.05) is 10.8 Å². The maximum atomic E-state index is 14.6. The van der Waals surface area contributed by atoms with Crippen molar-refractivity contribution in [1.29, 1.82) is 0 Å². The molecule has 0 radical (unpaired) electrons. The van der Waals surface area contributed by atoms with Crippen LogP contribution in [-0.2, 0) is 32.6 Å². The van der Waals surface area contributed by atoms with Crippen LogP contribution in [0.1, 0.15) is 42.5 Å². The molecule has 0 aliphatic carbocycles. The van der Waals surface area contributed by atoms with E-state index in [1.165, 1.54) is 17.0 Å². The number of rotatable bonds is 13. The lowest BCUT2D eigenvalue weighted by atomic mass is 10.0. The molecule has 4 rings (SSSR count). The van der Waals surface area contributed by atoms with Crippen molar-refractivity contribution >= 4 is 50.7 Å². The van der Waals surface area contributed by atoms with Crippen molar-refractivity contribution in [3.63, 3.8) is 0 Å². The standard InChI is InChI=1S/C36H39Cl2N3O4S/c1-5-27(4)39-36(43)34(22-28-13-8-6-9-14-28)40(23-31-32(37)17-12-18-33(31)38)35(42)24-41(29-20-25(2)19-26(3)21-29)46(44,45)30-15-10-7-11-16-30/h6-21,27,34H,5,22-24H2,1-4H3,(H,39,43)/t27-,34-/m0/s1. The van der Waals surface area contributed by atoms with Gasteiger partial charge in [0.15, 0.2) is 0 Å². The Labute approximate surface area is 282 Å². The first-order valence-corrected chi connectivity index (χ1v) is 17.3. The zero-order valence-corrected chi connectivity index (χ0v) is 28.7. The molecule has 0 spiro atoms. The molecule has 242 valence electrons. The summed E-state index contributed by atoms with van der Waals surface area (Å²) in [5.74, 6) is -0.950. The minimum atomic E-state index is -4.20. The van der Waals surface area contributed by atoms with Crippen LogP contribution in [-0.4, -0.2) is 43.8 Å². The number of carbonyl (C=O) groups is 2. The maximum absolute atomic E-state index is 14.6. The van der Waals surface area contributed by atoms with Crippen LogP contribution >= 0.6 is 23.2 Å². The summed E-state index contributed by atoms with van der Waals surface area (Å²) in [4.78, 5) is 30.1. The predicted molar refractivity (Wildman–Crippen MR) is 186 cm³/mol.